The summed E-state index contributed by atoms with van der Waals surface area (Å²) in [6, 6.07) is 7.66. The molecule has 0 atom stereocenters. The third-order valence-corrected chi connectivity index (χ3v) is 2.62. The molecule has 0 amide bonds. The van der Waals surface area contributed by atoms with Gasteiger partial charge in [-0.1, -0.05) is 36.9 Å². The van der Waals surface area contributed by atoms with Gasteiger partial charge in [-0.15, -0.1) is 0 Å². The molecular formula is C14H15NO. The molecule has 1 aliphatic rings. The van der Waals surface area contributed by atoms with E-state index in [4.69, 9.17) is 0 Å². The molecule has 2 nitrogen and oxygen atoms in total. The van der Waals surface area contributed by atoms with Gasteiger partial charge in [0.1, 0.15) is 5.76 Å². The van der Waals surface area contributed by atoms with Crippen LogP contribution in [0.5, 0.6) is 0 Å². The number of aliphatic hydroxyl groups is 1. The first-order chi connectivity index (χ1) is 7.79. The lowest BCUT2D eigenvalue weighted by Gasteiger charge is -2.07. The molecule has 0 bridgehead atoms. The second kappa shape index (κ2) is 4.79. The van der Waals surface area contributed by atoms with E-state index in [9.17, 15) is 5.11 Å². The van der Waals surface area contributed by atoms with E-state index >= 15 is 0 Å². The molecule has 1 N–H and O–H groups in total. The molecule has 0 saturated carbocycles. The van der Waals surface area contributed by atoms with Gasteiger partial charge in [-0.25, -0.2) is 0 Å². The lowest BCUT2D eigenvalue weighted by Crippen LogP contribution is -1.90. The third-order valence-electron chi connectivity index (χ3n) is 2.62. The molecular weight excluding hydrogens is 198 g/mol. The van der Waals surface area contributed by atoms with Crippen LogP contribution in [0.4, 0.5) is 0 Å². The lowest BCUT2D eigenvalue weighted by molar-refractivity contribution is 0.513. The van der Waals surface area contributed by atoms with E-state index < -0.39 is 0 Å². The van der Waals surface area contributed by atoms with Crippen molar-refractivity contribution >= 4 is 17.7 Å². The maximum absolute atomic E-state index is 9.53. The predicted octanol–water partition coefficient (Wildman–Crippen LogP) is 3.81. The van der Waals surface area contributed by atoms with E-state index in [-0.39, 0.29) is 5.76 Å². The van der Waals surface area contributed by atoms with Crippen molar-refractivity contribution in [3.63, 3.8) is 0 Å². The molecule has 1 heterocycles. The number of aliphatic imine (C=N–C) groups is 1. The Balaban J connectivity index is 2.46. The van der Waals surface area contributed by atoms with E-state index in [0.29, 0.717) is 0 Å². The number of rotatable bonds is 2. The number of hydrogen-bond donors (Lipinski definition) is 1. The Labute approximate surface area is 95.7 Å². The minimum absolute atomic E-state index is 0.0935. The van der Waals surface area contributed by atoms with E-state index in [0.717, 1.165) is 36.1 Å². The van der Waals surface area contributed by atoms with Crippen molar-refractivity contribution in [3.8, 4) is 0 Å². The van der Waals surface area contributed by atoms with Crippen LogP contribution in [0.25, 0.3) is 11.5 Å². The minimum Gasteiger partial charge on any atom is -0.508 e. The normalized spacial score (nSPS) is 15.4. The molecule has 0 aromatic heterocycles. The van der Waals surface area contributed by atoms with Crippen LogP contribution in [0.3, 0.4) is 0 Å². The fourth-order valence-electron chi connectivity index (χ4n) is 1.80. The first kappa shape index (κ1) is 10.7. The zero-order valence-electron chi connectivity index (χ0n) is 9.19. The molecule has 1 aromatic rings. The molecule has 82 valence electrons. The van der Waals surface area contributed by atoms with Gasteiger partial charge in [0.25, 0.3) is 0 Å². The molecule has 0 radical (unpaired) electrons. The van der Waals surface area contributed by atoms with Gasteiger partial charge in [-0.2, -0.15) is 0 Å². The second-order valence-electron chi connectivity index (χ2n) is 3.82. The summed E-state index contributed by atoms with van der Waals surface area (Å²) >= 11 is 0. The summed E-state index contributed by atoms with van der Waals surface area (Å²) in [6.07, 6.45) is 7.24. The fraction of sp³-hybridized carbons (Fsp3) is 0.214. The monoisotopic (exact) mass is 213 g/mol. The number of allylic oxidation sites excluding steroid dienone is 1. The van der Waals surface area contributed by atoms with Gasteiger partial charge >= 0.3 is 0 Å². The minimum atomic E-state index is 0.0935. The van der Waals surface area contributed by atoms with E-state index in [2.05, 4.69) is 17.6 Å². The van der Waals surface area contributed by atoms with Crippen molar-refractivity contribution in [1.82, 2.24) is 0 Å². The van der Waals surface area contributed by atoms with Crippen LogP contribution in [0.2, 0.25) is 0 Å². The van der Waals surface area contributed by atoms with Crippen LogP contribution < -0.4 is 0 Å². The topological polar surface area (TPSA) is 32.6 Å². The Morgan fingerprint density at radius 3 is 2.88 bits per heavy atom. The van der Waals surface area contributed by atoms with E-state index in [1.807, 2.05) is 30.5 Å². The zero-order chi connectivity index (χ0) is 11.4. The zero-order valence-corrected chi connectivity index (χ0v) is 9.19. The van der Waals surface area contributed by atoms with Gasteiger partial charge < -0.3 is 5.11 Å². The second-order valence-corrected chi connectivity index (χ2v) is 3.82. The Kier molecular flexibility index (Phi) is 3.20. The highest BCUT2D eigenvalue weighted by Crippen LogP contribution is 2.26. The molecule has 2 heteroatoms. The van der Waals surface area contributed by atoms with Crippen molar-refractivity contribution in [2.75, 3.05) is 0 Å². The van der Waals surface area contributed by atoms with Crippen LogP contribution in [0.15, 0.2) is 41.9 Å². The molecule has 1 aromatic carbocycles. The quantitative estimate of drug-likeness (QED) is 0.744. The van der Waals surface area contributed by atoms with Crippen LogP contribution in [0.1, 0.15) is 30.4 Å². The molecule has 0 unspecified atom stereocenters. The first-order valence-electron chi connectivity index (χ1n) is 5.49. The summed E-state index contributed by atoms with van der Waals surface area (Å²) in [5.74, 6) is 0.0935. The summed E-state index contributed by atoms with van der Waals surface area (Å²) < 4.78 is 0. The first-order valence-corrected chi connectivity index (χ1v) is 5.49. The molecule has 1 aliphatic heterocycles. The third kappa shape index (κ3) is 2.22. The molecule has 0 aliphatic carbocycles. The van der Waals surface area contributed by atoms with Crippen LogP contribution in [-0.4, -0.2) is 11.3 Å². The highest BCUT2D eigenvalue weighted by molar-refractivity contribution is 5.80. The van der Waals surface area contributed by atoms with E-state index in [1.54, 1.807) is 0 Å². The van der Waals surface area contributed by atoms with Crippen molar-refractivity contribution < 1.29 is 5.11 Å². The average molecular weight is 213 g/mol. The summed E-state index contributed by atoms with van der Waals surface area (Å²) in [6.45, 7) is 3.58. The predicted molar refractivity (Wildman–Crippen MR) is 68.4 cm³/mol. The van der Waals surface area contributed by atoms with Crippen LogP contribution in [-0.2, 0) is 0 Å². The number of nitrogens with zero attached hydrogens (tertiary/aromatic N) is 1. The largest absolute Gasteiger partial charge is 0.508 e. The van der Waals surface area contributed by atoms with Gasteiger partial charge in [0, 0.05) is 17.3 Å². The average Bonchev–Trinajstić information content (AvgIpc) is 2.57. The Morgan fingerprint density at radius 2 is 2.06 bits per heavy atom. The maximum atomic E-state index is 9.53. The van der Waals surface area contributed by atoms with E-state index in [1.165, 1.54) is 0 Å². The van der Waals surface area contributed by atoms with Gasteiger partial charge in [0.05, 0.1) is 5.70 Å². The Bertz CT molecular complexity index is 458. The standard InChI is InChI=1S/C14H15NO/c1-11(16)12-7-4-5-8-13(12)14-9-3-2-6-10-15-14/h4-5,7-10,16H,1-3,6H2. The van der Waals surface area contributed by atoms with Crippen molar-refractivity contribution in [1.29, 1.82) is 0 Å². The van der Waals surface area contributed by atoms with Crippen molar-refractivity contribution in [2.45, 2.75) is 19.3 Å². The molecule has 0 spiro atoms. The fourth-order valence-corrected chi connectivity index (χ4v) is 1.80. The maximum Gasteiger partial charge on any atom is 0.116 e. The number of benzene rings is 1. The van der Waals surface area contributed by atoms with Gasteiger partial charge in [-0.3, -0.25) is 4.99 Å². The van der Waals surface area contributed by atoms with Crippen molar-refractivity contribution in [2.24, 2.45) is 4.99 Å². The van der Waals surface area contributed by atoms with Gasteiger partial charge in [0.2, 0.25) is 0 Å². The van der Waals surface area contributed by atoms with Crippen LogP contribution >= 0.6 is 0 Å². The highest BCUT2D eigenvalue weighted by Gasteiger charge is 2.08. The molecule has 0 saturated heterocycles. The highest BCUT2D eigenvalue weighted by atomic mass is 16.3. The summed E-state index contributed by atoms with van der Waals surface area (Å²) in [5, 5.41) is 9.53. The van der Waals surface area contributed by atoms with Crippen LogP contribution in [0, 0.1) is 0 Å². The molecule has 16 heavy (non-hydrogen) atoms. The van der Waals surface area contributed by atoms with Gasteiger partial charge in [-0.05, 0) is 19.3 Å². The smallest absolute Gasteiger partial charge is 0.116 e. The lowest BCUT2D eigenvalue weighted by atomic mass is 10.0. The van der Waals surface area contributed by atoms with Crippen molar-refractivity contribution in [3.05, 3.63) is 48.0 Å². The SMILES string of the molecule is C=C(O)c1ccccc1C1=CCCCC=N1. The molecule has 0 fully saturated rings. The Morgan fingerprint density at radius 1 is 1.25 bits per heavy atom. The number of aliphatic hydroxyl groups excluding tert-OH is 1. The van der Waals surface area contributed by atoms with Gasteiger partial charge in [0.15, 0.2) is 0 Å². The Hall–Kier alpha value is -1.83. The summed E-state index contributed by atoms with van der Waals surface area (Å²) in [4.78, 5) is 4.42. The summed E-state index contributed by atoms with van der Waals surface area (Å²) in [7, 11) is 0. The summed E-state index contributed by atoms with van der Waals surface area (Å²) in [5.41, 5.74) is 2.64. The molecule has 2 rings (SSSR count). The number of hydrogen-bond acceptors (Lipinski definition) is 2.